The maximum atomic E-state index is 12.9. The van der Waals surface area contributed by atoms with Gasteiger partial charge >= 0.3 is 0 Å². The van der Waals surface area contributed by atoms with Crippen LogP contribution < -0.4 is 10.1 Å². The minimum Gasteiger partial charge on any atom is -0.422 e. The number of rotatable bonds is 0. The molecule has 2 aromatic rings. The molecule has 3 heterocycles. The Morgan fingerprint density at radius 1 is 1.45 bits per heavy atom. The summed E-state index contributed by atoms with van der Waals surface area (Å²) >= 11 is 0. The number of H-pyrrole nitrogens is 1. The number of carbonyl (C=O) groups is 1. The van der Waals surface area contributed by atoms with Gasteiger partial charge < -0.3 is 10.1 Å². The standard InChI is InChI=1S/C15H11N5O2/c1-7-11-13(20-19-7)22-12(17)9(6-16)15(11)8-4-2-3-5-10(8)18-14(15)21/h2-5,9,17H,1H3,(H,18,21)(H,19,20). The van der Waals surface area contributed by atoms with Crippen molar-refractivity contribution in [3.8, 4) is 11.9 Å². The Morgan fingerprint density at radius 3 is 3.00 bits per heavy atom. The lowest BCUT2D eigenvalue weighted by molar-refractivity contribution is -0.120. The summed E-state index contributed by atoms with van der Waals surface area (Å²) in [7, 11) is 0. The number of benzene rings is 1. The molecule has 2 atom stereocenters. The zero-order valence-electron chi connectivity index (χ0n) is 11.6. The van der Waals surface area contributed by atoms with Gasteiger partial charge in [0.1, 0.15) is 11.3 Å². The van der Waals surface area contributed by atoms with Crippen LogP contribution in [0.1, 0.15) is 16.8 Å². The molecule has 7 nitrogen and oxygen atoms in total. The fourth-order valence-corrected chi connectivity index (χ4v) is 3.42. The van der Waals surface area contributed by atoms with Gasteiger partial charge in [-0.05, 0) is 18.6 Å². The van der Waals surface area contributed by atoms with E-state index >= 15 is 0 Å². The van der Waals surface area contributed by atoms with Gasteiger partial charge in [0.2, 0.25) is 17.7 Å². The second-order valence-corrected chi connectivity index (χ2v) is 5.36. The molecule has 22 heavy (non-hydrogen) atoms. The van der Waals surface area contributed by atoms with Crippen molar-refractivity contribution in [2.75, 3.05) is 5.32 Å². The van der Waals surface area contributed by atoms with E-state index in [1.165, 1.54) is 0 Å². The quantitative estimate of drug-likeness (QED) is 0.682. The van der Waals surface area contributed by atoms with Crippen molar-refractivity contribution in [1.29, 1.82) is 10.7 Å². The Labute approximate surface area is 125 Å². The maximum Gasteiger partial charge on any atom is 0.244 e. The Bertz CT molecular complexity index is 878. The summed E-state index contributed by atoms with van der Waals surface area (Å²) in [6.45, 7) is 1.77. The zero-order valence-corrected chi connectivity index (χ0v) is 11.6. The second-order valence-electron chi connectivity index (χ2n) is 5.36. The Morgan fingerprint density at radius 2 is 2.23 bits per heavy atom. The molecule has 1 amide bonds. The number of nitrogens with one attached hydrogen (secondary N) is 3. The highest BCUT2D eigenvalue weighted by Gasteiger charge is 2.61. The van der Waals surface area contributed by atoms with Gasteiger partial charge in [-0.1, -0.05) is 18.2 Å². The van der Waals surface area contributed by atoms with E-state index in [-0.39, 0.29) is 17.7 Å². The third-order valence-electron chi connectivity index (χ3n) is 4.30. The van der Waals surface area contributed by atoms with E-state index in [1.54, 1.807) is 19.1 Å². The molecule has 0 saturated carbocycles. The summed E-state index contributed by atoms with van der Waals surface area (Å²) < 4.78 is 5.34. The monoisotopic (exact) mass is 293 g/mol. The number of nitrogens with zero attached hydrogens (tertiary/aromatic N) is 2. The number of carbonyl (C=O) groups excluding carboxylic acids is 1. The lowest BCUT2D eigenvalue weighted by Gasteiger charge is -2.35. The van der Waals surface area contributed by atoms with Crippen LogP contribution in [0.15, 0.2) is 24.3 Å². The summed E-state index contributed by atoms with van der Waals surface area (Å²) in [6.07, 6.45) is 0. The third-order valence-corrected chi connectivity index (χ3v) is 4.30. The van der Waals surface area contributed by atoms with Crippen LogP contribution in [0.2, 0.25) is 0 Å². The van der Waals surface area contributed by atoms with Crippen molar-refractivity contribution in [3.05, 3.63) is 41.1 Å². The number of aromatic nitrogens is 2. The van der Waals surface area contributed by atoms with Gasteiger partial charge in [0, 0.05) is 11.4 Å². The van der Waals surface area contributed by atoms with Crippen LogP contribution in [-0.4, -0.2) is 22.0 Å². The summed E-state index contributed by atoms with van der Waals surface area (Å²) in [4.78, 5) is 12.9. The SMILES string of the molecule is Cc1[nH]nc2c1C1(C(=O)Nc3ccccc31)C(C#N)C(=N)O2. The van der Waals surface area contributed by atoms with Crippen LogP contribution >= 0.6 is 0 Å². The highest BCUT2D eigenvalue weighted by molar-refractivity contribution is 6.13. The number of amides is 1. The molecule has 1 aromatic heterocycles. The van der Waals surface area contributed by atoms with Crippen molar-refractivity contribution in [1.82, 2.24) is 10.2 Å². The fraction of sp³-hybridized carbons (Fsp3) is 0.200. The number of aryl methyl sites for hydroxylation is 1. The minimum atomic E-state index is -1.30. The van der Waals surface area contributed by atoms with Crippen LogP contribution in [0, 0.1) is 29.6 Å². The lowest BCUT2D eigenvalue weighted by Crippen LogP contribution is -2.50. The van der Waals surface area contributed by atoms with E-state index in [0.717, 1.165) is 0 Å². The molecule has 2 aliphatic heterocycles. The maximum absolute atomic E-state index is 12.9. The molecule has 0 bridgehead atoms. The molecule has 1 aromatic carbocycles. The molecular formula is C15H11N5O2. The number of nitriles is 1. The highest BCUT2D eigenvalue weighted by Crippen LogP contribution is 2.53. The van der Waals surface area contributed by atoms with Crippen LogP contribution in [0.3, 0.4) is 0 Å². The first-order chi connectivity index (χ1) is 10.6. The number of para-hydroxylation sites is 1. The number of hydrogen-bond donors (Lipinski definition) is 3. The van der Waals surface area contributed by atoms with Crippen LogP contribution in [0.5, 0.6) is 5.88 Å². The zero-order chi connectivity index (χ0) is 15.5. The normalized spacial score (nSPS) is 25.2. The van der Waals surface area contributed by atoms with Crippen LogP contribution in [0.4, 0.5) is 5.69 Å². The molecule has 0 fully saturated rings. The molecule has 2 aliphatic rings. The number of fused-ring (bicyclic) bond motifs is 4. The van der Waals surface area contributed by atoms with Gasteiger partial charge in [0.25, 0.3) is 0 Å². The minimum absolute atomic E-state index is 0.181. The lowest BCUT2D eigenvalue weighted by atomic mass is 9.65. The van der Waals surface area contributed by atoms with Crippen LogP contribution in [-0.2, 0) is 10.2 Å². The van der Waals surface area contributed by atoms with E-state index in [0.29, 0.717) is 22.5 Å². The number of anilines is 1. The summed E-state index contributed by atoms with van der Waals surface area (Å²) in [6, 6.07) is 9.27. The highest BCUT2D eigenvalue weighted by atomic mass is 16.5. The Kier molecular flexibility index (Phi) is 2.26. The van der Waals surface area contributed by atoms with Crippen molar-refractivity contribution in [3.63, 3.8) is 0 Å². The van der Waals surface area contributed by atoms with Gasteiger partial charge in [0.15, 0.2) is 0 Å². The van der Waals surface area contributed by atoms with Crippen LogP contribution in [0.25, 0.3) is 0 Å². The summed E-state index contributed by atoms with van der Waals surface area (Å²) in [5.74, 6) is -1.46. The smallest absolute Gasteiger partial charge is 0.244 e. The number of aromatic amines is 1. The van der Waals surface area contributed by atoms with E-state index in [2.05, 4.69) is 21.6 Å². The molecular weight excluding hydrogens is 282 g/mol. The molecule has 0 radical (unpaired) electrons. The number of hydrogen-bond acceptors (Lipinski definition) is 5. The molecule has 0 aliphatic carbocycles. The van der Waals surface area contributed by atoms with Gasteiger partial charge in [-0.25, -0.2) is 0 Å². The average Bonchev–Trinajstić information content (AvgIpc) is 3.00. The first kappa shape index (κ1) is 12.6. The van der Waals surface area contributed by atoms with Gasteiger partial charge in [-0.15, -0.1) is 5.10 Å². The molecule has 0 saturated heterocycles. The predicted octanol–water partition coefficient (Wildman–Crippen LogP) is 1.47. The van der Waals surface area contributed by atoms with Gasteiger partial charge in [-0.2, -0.15) is 5.26 Å². The fourth-order valence-electron chi connectivity index (χ4n) is 3.42. The summed E-state index contributed by atoms with van der Waals surface area (Å²) in [5, 5.41) is 27.3. The van der Waals surface area contributed by atoms with Crippen molar-refractivity contribution >= 4 is 17.5 Å². The van der Waals surface area contributed by atoms with E-state index in [9.17, 15) is 10.1 Å². The van der Waals surface area contributed by atoms with Crippen molar-refractivity contribution in [2.24, 2.45) is 5.92 Å². The molecule has 108 valence electrons. The first-order valence-electron chi connectivity index (χ1n) is 6.73. The van der Waals surface area contributed by atoms with E-state index in [4.69, 9.17) is 10.1 Å². The molecule has 7 heteroatoms. The Balaban J connectivity index is 2.15. The largest absolute Gasteiger partial charge is 0.422 e. The van der Waals surface area contributed by atoms with E-state index < -0.39 is 11.3 Å². The summed E-state index contributed by atoms with van der Waals surface area (Å²) in [5.41, 5.74) is 1.19. The van der Waals surface area contributed by atoms with Crippen molar-refractivity contribution in [2.45, 2.75) is 12.3 Å². The molecule has 1 spiro atoms. The molecule has 2 unspecified atom stereocenters. The van der Waals surface area contributed by atoms with Gasteiger partial charge in [0.05, 0.1) is 11.6 Å². The average molecular weight is 293 g/mol. The molecule has 3 N–H and O–H groups in total. The first-order valence-corrected chi connectivity index (χ1v) is 6.73. The van der Waals surface area contributed by atoms with Gasteiger partial charge in [-0.3, -0.25) is 15.3 Å². The topological polar surface area (TPSA) is 115 Å². The van der Waals surface area contributed by atoms with E-state index in [1.807, 2.05) is 12.1 Å². The molecule has 4 rings (SSSR count). The second kappa shape index (κ2) is 3.95. The Hall–Kier alpha value is -3.14. The number of ether oxygens (including phenoxy) is 1. The van der Waals surface area contributed by atoms with Crippen molar-refractivity contribution < 1.29 is 9.53 Å². The predicted molar refractivity (Wildman–Crippen MR) is 76.6 cm³/mol. The third kappa shape index (κ3) is 1.22.